The minimum Gasteiger partial charge on any atom is -0.398 e. The van der Waals surface area contributed by atoms with Crippen LogP contribution in [-0.2, 0) is 23.6 Å². The number of nitrogens with zero attached hydrogens (tertiary/aromatic N) is 3. The molecule has 2 rings (SSSR count). The predicted molar refractivity (Wildman–Crippen MR) is 77.5 cm³/mol. The van der Waals surface area contributed by atoms with Crippen LogP contribution in [0.5, 0.6) is 0 Å². The maximum absolute atomic E-state index is 12.2. The number of rotatable bonds is 4. The van der Waals surface area contributed by atoms with Gasteiger partial charge in [-0.05, 0) is 25.1 Å². The van der Waals surface area contributed by atoms with Gasteiger partial charge in [-0.1, -0.05) is 0 Å². The first kappa shape index (κ1) is 15.0. The fraction of sp³-hybridized carbons (Fsp3) is 0.231. The van der Waals surface area contributed by atoms with Gasteiger partial charge in [-0.2, -0.15) is 10.4 Å². The molecular weight excluding hydrogens is 290 g/mol. The Labute approximate surface area is 123 Å². The van der Waals surface area contributed by atoms with Crippen LogP contribution < -0.4 is 10.5 Å². The Kier molecular flexibility index (Phi) is 3.97. The lowest BCUT2D eigenvalue weighted by Crippen LogP contribution is -2.24. The fourth-order valence-electron chi connectivity index (χ4n) is 1.83. The van der Waals surface area contributed by atoms with Crippen LogP contribution >= 0.6 is 0 Å². The maximum Gasteiger partial charge on any atom is 0.242 e. The molecule has 0 radical (unpaired) electrons. The van der Waals surface area contributed by atoms with E-state index in [9.17, 15) is 8.42 Å². The topological polar surface area (TPSA) is 114 Å². The minimum atomic E-state index is -3.74. The molecule has 1 heterocycles. The zero-order valence-electron chi connectivity index (χ0n) is 11.7. The van der Waals surface area contributed by atoms with Crippen LogP contribution in [0.4, 0.5) is 5.69 Å². The molecule has 0 saturated carbocycles. The summed E-state index contributed by atoms with van der Waals surface area (Å²) in [6, 6.07) is 5.99. The first-order valence-electron chi connectivity index (χ1n) is 6.12. The normalized spacial score (nSPS) is 11.3. The van der Waals surface area contributed by atoms with Crippen molar-refractivity contribution in [3.63, 3.8) is 0 Å². The molecule has 110 valence electrons. The highest BCUT2D eigenvalue weighted by atomic mass is 32.2. The van der Waals surface area contributed by atoms with Gasteiger partial charge in [0, 0.05) is 24.8 Å². The van der Waals surface area contributed by atoms with Gasteiger partial charge in [0.25, 0.3) is 0 Å². The third-order valence-electron chi connectivity index (χ3n) is 3.22. The van der Waals surface area contributed by atoms with Crippen molar-refractivity contribution in [2.75, 3.05) is 5.73 Å². The van der Waals surface area contributed by atoms with Gasteiger partial charge in [-0.3, -0.25) is 4.68 Å². The molecule has 0 amide bonds. The van der Waals surface area contributed by atoms with Crippen LogP contribution in [0.1, 0.15) is 16.8 Å². The van der Waals surface area contributed by atoms with Crippen molar-refractivity contribution in [1.82, 2.24) is 14.5 Å². The highest BCUT2D eigenvalue weighted by molar-refractivity contribution is 7.89. The van der Waals surface area contributed by atoms with Crippen LogP contribution in [0.2, 0.25) is 0 Å². The van der Waals surface area contributed by atoms with Crippen molar-refractivity contribution < 1.29 is 8.42 Å². The molecule has 3 N–H and O–H groups in total. The quantitative estimate of drug-likeness (QED) is 0.805. The van der Waals surface area contributed by atoms with Gasteiger partial charge in [-0.25, -0.2) is 13.1 Å². The number of nitriles is 1. The highest BCUT2D eigenvalue weighted by Crippen LogP contribution is 2.19. The first-order chi connectivity index (χ1) is 9.85. The average molecular weight is 305 g/mol. The van der Waals surface area contributed by atoms with Gasteiger partial charge in [0.1, 0.15) is 4.90 Å². The van der Waals surface area contributed by atoms with E-state index in [1.165, 1.54) is 18.2 Å². The number of nitrogen functional groups attached to an aromatic ring is 1. The molecule has 2 aromatic rings. The number of hydrogen-bond acceptors (Lipinski definition) is 5. The second-order valence-electron chi connectivity index (χ2n) is 4.57. The molecule has 0 atom stereocenters. The Hall–Kier alpha value is -2.37. The van der Waals surface area contributed by atoms with E-state index in [4.69, 9.17) is 11.0 Å². The van der Waals surface area contributed by atoms with Gasteiger partial charge in [-0.15, -0.1) is 0 Å². The van der Waals surface area contributed by atoms with Crippen molar-refractivity contribution in [2.24, 2.45) is 7.05 Å². The molecule has 7 nitrogen and oxygen atoms in total. The lowest BCUT2D eigenvalue weighted by molar-refractivity contribution is 0.581. The molecule has 8 heteroatoms. The van der Waals surface area contributed by atoms with Gasteiger partial charge < -0.3 is 5.73 Å². The van der Waals surface area contributed by atoms with Gasteiger partial charge in [0.2, 0.25) is 10.0 Å². The van der Waals surface area contributed by atoms with E-state index in [1.807, 2.05) is 13.0 Å². The van der Waals surface area contributed by atoms with Crippen LogP contribution in [0.25, 0.3) is 0 Å². The van der Waals surface area contributed by atoms with Crippen LogP contribution in [-0.4, -0.2) is 18.2 Å². The Balaban J connectivity index is 2.23. The van der Waals surface area contributed by atoms with Crippen LogP contribution in [0.15, 0.2) is 29.3 Å². The van der Waals surface area contributed by atoms with Gasteiger partial charge >= 0.3 is 0 Å². The van der Waals surface area contributed by atoms with E-state index in [1.54, 1.807) is 17.9 Å². The van der Waals surface area contributed by atoms with E-state index in [2.05, 4.69) is 9.82 Å². The van der Waals surface area contributed by atoms with E-state index >= 15 is 0 Å². The molecular formula is C13H15N5O2S. The molecule has 0 unspecified atom stereocenters. The van der Waals surface area contributed by atoms with E-state index in [0.29, 0.717) is 5.56 Å². The molecule has 21 heavy (non-hydrogen) atoms. The van der Waals surface area contributed by atoms with Crippen molar-refractivity contribution in [2.45, 2.75) is 18.4 Å². The summed E-state index contributed by atoms with van der Waals surface area (Å²) in [6.45, 7) is 1.98. The number of benzene rings is 1. The van der Waals surface area contributed by atoms with Crippen molar-refractivity contribution in [3.05, 3.63) is 41.2 Å². The zero-order valence-corrected chi connectivity index (χ0v) is 12.5. The van der Waals surface area contributed by atoms with Crippen LogP contribution in [0, 0.1) is 18.3 Å². The van der Waals surface area contributed by atoms with Gasteiger partial charge in [0.15, 0.2) is 0 Å². The number of aryl methyl sites for hydroxylation is 1. The molecule has 1 aromatic carbocycles. The third kappa shape index (κ3) is 3.04. The van der Waals surface area contributed by atoms with Crippen molar-refractivity contribution in [1.29, 1.82) is 5.26 Å². The minimum absolute atomic E-state index is 0.0388. The van der Waals surface area contributed by atoms with Crippen molar-refractivity contribution >= 4 is 15.7 Å². The smallest absolute Gasteiger partial charge is 0.242 e. The Morgan fingerprint density at radius 3 is 2.71 bits per heavy atom. The number of sulfonamides is 1. The molecule has 0 aliphatic carbocycles. The summed E-state index contributed by atoms with van der Waals surface area (Å²) in [6.07, 6.45) is 1.61. The van der Waals surface area contributed by atoms with E-state index < -0.39 is 10.0 Å². The second kappa shape index (κ2) is 5.55. The second-order valence-corrected chi connectivity index (χ2v) is 6.30. The molecule has 0 fully saturated rings. The number of nitrogens with one attached hydrogen (secondary N) is 1. The summed E-state index contributed by atoms with van der Waals surface area (Å²) in [7, 11) is -1.96. The number of nitrogens with two attached hydrogens (primary N) is 1. The summed E-state index contributed by atoms with van der Waals surface area (Å²) in [5.74, 6) is 0. The lowest BCUT2D eigenvalue weighted by atomic mass is 10.2. The largest absolute Gasteiger partial charge is 0.398 e. The Morgan fingerprint density at radius 2 is 2.19 bits per heavy atom. The maximum atomic E-state index is 12.2. The summed E-state index contributed by atoms with van der Waals surface area (Å²) >= 11 is 0. The fourth-order valence-corrected chi connectivity index (χ4v) is 2.95. The molecule has 0 aliphatic heterocycles. The summed E-state index contributed by atoms with van der Waals surface area (Å²) in [4.78, 5) is -0.0388. The molecule has 1 aromatic heterocycles. The monoisotopic (exact) mass is 305 g/mol. The average Bonchev–Trinajstić information content (AvgIpc) is 2.76. The Morgan fingerprint density at radius 1 is 1.48 bits per heavy atom. The summed E-state index contributed by atoms with van der Waals surface area (Å²) in [5.41, 5.74) is 7.73. The van der Waals surface area contributed by atoms with Crippen molar-refractivity contribution in [3.8, 4) is 6.07 Å². The SMILES string of the molecule is Cc1c(CNS(=O)(=O)c2ccc(C#N)cc2N)cnn1C. The van der Waals surface area contributed by atoms with Gasteiger partial charge in [0.05, 0.1) is 23.5 Å². The number of anilines is 1. The third-order valence-corrected chi connectivity index (χ3v) is 4.69. The molecule has 0 saturated heterocycles. The lowest BCUT2D eigenvalue weighted by Gasteiger charge is -2.09. The van der Waals surface area contributed by atoms with E-state index in [0.717, 1.165) is 11.3 Å². The molecule has 0 bridgehead atoms. The van der Waals surface area contributed by atoms with Crippen LogP contribution in [0.3, 0.4) is 0 Å². The van der Waals surface area contributed by atoms with E-state index in [-0.39, 0.29) is 17.1 Å². The standard InChI is InChI=1S/C13H15N5O2S/c1-9-11(7-16-18(9)2)8-17-21(19,20)13-4-3-10(6-14)5-12(13)15/h3-5,7,17H,8,15H2,1-2H3. The first-order valence-corrected chi connectivity index (χ1v) is 7.60. The molecule has 0 spiro atoms. The summed E-state index contributed by atoms with van der Waals surface area (Å²) < 4.78 is 28.6. The highest BCUT2D eigenvalue weighted by Gasteiger charge is 2.18. The zero-order chi connectivity index (χ0) is 15.6. The Bertz CT molecular complexity index is 818. The number of hydrogen-bond donors (Lipinski definition) is 2. The number of aromatic nitrogens is 2. The molecule has 0 aliphatic rings. The predicted octanol–water partition coefficient (Wildman–Crippen LogP) is 0.661. The summed E-state index contributed by atoms with van der Waals surface area (Å²) in [5, 5.41) is 12.8.